The first kappa shape index (κ1) is 32.5. The quantitative estimate of drug-likeness (QED) is 0.243. The molecule has 10 heteroatoms. The first-order chi connectivity index (χ1) is 20.5. The number of halogens is 1. The molecule has 3 atom stereocenters. The van der Waals surface area contributed by atoms with Gasteiger partial charge in [0, 0.05) is 31.5 Å². The summed E-state index contributed by atoms with van der Waals surface area (Å²) in [6, 6.07) is 2.83. The highest BCUT2D eigenvalue weighted by molar-refractivity contribution is 14.1. The van der Waals surface area contributed by atoms with Crippen LogP contribution in [-0.4, -0.2) is 77.1 Å². The number of methoxy groups -OCH3 is 1. The molecule has 0 aromatic heterocycles. The zero-order valence-corrected chi connectivity index (χ0v) is 27.7. The van der Waals surface area contributed by atoms with Gasteiger partial charge in [0.1, 0.15) is 12.2 Å². The van der Waals surface area contributed by atoms with E-state index in [1.165, 1.54) is 26.4 Å². The van der Waals surface area contributed by atoms with Crippen molar-refractivity contribution in [1.29, 1.82) is 0 Å². The minimum Gasteiger partial charge on any atom is -0.493 e. The van der Waals surface area contributed by atoms with E-state index in [-0.39, 0.29) is 49.3 Å². The van der Waals surface area contributed by atoms with Crippen molar-refractivity contribution in [3.8, 4) is 11.5 Å². The van der Waals surface area contributed by atoms with Gasteiger partial charge in [-0.3, -0.25) is 9.59 Å². The van der Waals surface area contributed by atoms with Crippen LogP contribution in [0.2, 0.25) is 0 Å². The Balaban J connectivity index is 1.49. The fourth-order valence-corrected chi connectivity index (χ4v) is 9.39. The molecule has 0 spiro atoms. The lowest BCUT2D eigenvalue weighted by molar-refractivity contribution is -0.147. The zero-order valence-electron chi connectivity index (χ0n) is 25.6. The van der Waals surface area contributed by atoms with Crippen LogP contribution in [-0.2, 0) is 16.2 Å². The Morgan fingerprint density at radius 1 is 1.12 bits per heavy atom. The minimum absolute atomic E-state index is 0.00465. The molecule has 9 nitrogen and oxygen atoms in total. The van der Waals surface area contributed by atoms with Crippen LogP contribution in [0, 0.1) is 32.7 Å². The van der Waals surface area contributed by atoms with Gasteiger partial charge in [-0.2, -0.15) is 0 Å². The van der Waals surface area contributed by atoms with Gasteiger partial charge in [0.05, 0.1) is 29.9 Å². The number of aliphatic hydroxyl groups is 3. The van der Waals surface area contributed by atoms with Gasteiger partial charge >= 0.3 is 0 Å². The van der Waals surface area contributed by atoms with Crippen molar-refractivity contribution >= 4 is 34.4 Å². The molecule has 0 saturated heterocycles. The van der Waals surface area contributed by atoms with E-state index in [4.69, 9.17) is 9.47 Å². The maximum Gasteiger partial charge on any atom is 0.247 e. The lowest BCUT2D eigenvalue weighted by Crippen LogP contribution is -2.59. The predicted molar refractivity (Wildman–Crippen MR) is 170 cm³/mol. The maximum atomic E-state index is 14.0. The van der Waals surface area contributed by atoms with Crippen molar-refractivity contribution in [3.63, 3.8) is 0 Å². The van der Waals surface area contributed by atoms with Crippen LogP contribution in [0.5, 0.6) is 11.5 Å². The lowest BCUT2D eigenvalue weighted by Gasteiger charge is -2.58. The molecule has 43 heavy (non-hydrogen) atoms. The molecule has 4 N–H and O–H groups in total. The van der Waals surface area contributed by atoms with Gasteiger partial charge in [-0.25, -0.2) is 0 Å². The summed E-state index contributed by atoms with van der Waals surface area (Å²) >= 11 is 2.11. The highest BCUT2D eigenvalue weighted by Gasteiger charge is 2.53. The molecule has 6 rings (SSSR count). The summed E-state index contributed by atoms with van der Waals surface area (Å²) in [7, 11) is 1.51. The Morgan fingerprint density at radius 3 is 2.33 bits per heavy atom. The molecule has 4 bridgehead atoms. The predicted octanol–water partition coefficient (Wildman–Crippen LogP) is 3.80. The van der Waals surface area contributed by atoms with E-state index >= 15 is 0 Å². The van der Waals surface area contributed by atoms with Crippen molar-refractivity contribution in [3.05, 3.63) is 32.9 Å². The third-order valence-corrected chi connectivity index (χ3v) is 10.7. The van der Waals surface area contributed by atoms with Crippen LogP contribution < -0.4 is 14.8 Å². The van der Waals surface area contributed by atoms with Gasteiger partial charge in [0.2, 0.25) is 11.8 Å². The molecular weight excluding hydrogens is 663 g/mol. The molecule has 4 fully saturated rings. The number of rotatable bonds is 12. The van der Waals surface area contributed by atoms with Crippen LogP contribution in [0.1, 0.15) is 70.8 Å². The van der Waals surface area contributed by atoms with E-state index in [9.17, 15) is 24.9 Å². The van der Waals surface area contributed by atoms with Gasteiger partial charge in [-0.15, -0.1) is 0 Å². The average Bonchev–Trinajstić information content (AvgIpc) is 2.95. The summed E-state index contributed by atoms with van der Waals surface area (Å²) in [6.07, 6.45) is 7.46. The summed E-state index contributed by atoms with van der Waals surface area (Å²) in [4.78, 5) is 29.2. The highest BCUT2D eigenvalue weighted by Crippen LogP contribution is 2.60. The molecule has 4 saturated carbocycles. The van der Waals surface area contributed by atoms with Crippen molar-refractivity contribution < 1.29 is 34.4 Å². The van der Waals surface area contributed by atoms with Gasteiger partial charge < -0.3 is 35.0 Å². The minimum atomic E-state index is -1.09. The summed E-state index contributed by atoms with van der Waals surface area (Å²) in [5.41, 5.74) is 1.13. The van der Waals surface area contributed by atoms with Crippen molar-refractivity contribution in [2.24, 2.45) is 29.1 Å². The van der Waals surface area contributed by atoms with Crippen molar-refractivity contribution in [2.75, 3.05) is 26.8 Å². The Labute approximate surface area is 268 Å². The molecular formula is C33H47IN2O7. The van der Waals surface area contributed by atoms with Crippen molar-refractivity contribution in [1.82, 2.24) is 10.2 Å². The van der Waals surface area contributed by atoms with Crippen LogP contribution >= 0.6 is 22.6 Å². The third kappa shape index (κ3) is 7.17. The summed E-state index contributed by atoms with van der Waals surface area (Å²) in [5, 5.41) is 33.7. The summed E-state index contributed by atoms with van der Waals surface area (Å²) in [5.74, 6) is 2.78. The van der Waals surface area contributed by atoms with E-state index in [2.05, 4.69) is 27.9 Å². The van der Waals surface area contributed by atoms with E-state index in [1.807, 2.05) is 18.7 Å². The summed E-state index contributed by atoms with van der Waals surface area (Å²) in [6.45, 7) is 4.40. The van der Waals surface area contributed by atoms with Gasteiger partial charge in [-0.1, -0.05) is 13.8 Å². The Morgan fingerprint density at radius 2 is 1.77 bits per heavy atom. The first-order valence-corrected chi connectivity index (χ1v) is 16.8. The van der Waals surface area contributed by atoms with E-state index in [1.54, 1.807) is 18.2 Å². The molecule has 0 unspecified atom stereocenters. The molecule has 5 aliphatic rings. The lowest BCUT2D eigenvalue weighted by atomic mass is 9.49. The first-order valence-electron chi connectivity index (χ1n) is 15.8. The fraction of sp³-hybridized carbons (Fsp3) is 0.697. The van der Waals surface area contributed by atoms with Gasteiger partial charge in [-0.05, 0) is 114 Å². The standard InChI is InChI=1S/C33H47IN2O7/c1-19(2)6-29(39)36(18-33-14-20-7-21(15-33)9-22(8-20)16-33)26-12-24(32(41)35-4-5-37)13-27(30(26)40)43-31-25(34)10-23(17-38)11-28(31)42-3/h10-11,13,19-22,26-27,30,37-38,40H,4-9,12,14-18H2,1-3H3,(H,35,41)/t20?,21?,22?,26-,27+,30+,33?/m1/s1. The number of hydrogen-bond acceptors (Lipinski definition) is 7. The second-order valence-corrected chi connectivity index (χ2v) is 15.0. The summed E-state index contributed by atoms with van der Waals surface area (Å²) < 4.78 is 12.7. The van der Waals surface area contributed by atoms with Crippen LogP contribution in [0.4, 0.5) is 0 Å². The molecule has 238 valence electrons. The van der Waals surface area contributed by atoms with Gasteiger partial charge in [0.25, 0.3) is 0 Å². The van der Waals surface area contributed by atoms with E-state index in [0.29, 0.717) is 39.2 Å². The fourth-order valence-electron chi connectivity index (χ4n) is 8.60. The smallest absolute Gasteiger partial charge is 0.247 e. The number of hydrogen-bond donors (Lipinski definition) is 4. The Hall–Kier alpha value is -1.89. The van der Waals surface area contributed by atoms with Gasteiger partial charge in [0.15, 0.2) is 11.5 Å². The normalized spacial score (nSPS) is 31.1. The number of aliphatic hydroxyl groups excluding tert-OH is 3. The topological polar surface area (TPSA) is 129 Å². The molecule has 1 aromatic carbocycles. The number of carbonyl (C=O) groups excluding carboxylic acids is 2. The second-order valence-electron chi connectivity index (χ2n) is 13.8. The second kappa shape index (κ2) is 13.6. The number of nitrogens with one attached hydrogen (secondary N) is 1. The van der Waals surface area contributed by atoms with E-state index < -0.39 is 18.2 Å². The SMILES string of the molecule is COc1cc(CO)cc(I)c1O[C@H]1C=C(C(=O)NCCO)C[C@@H](N(CC23CC4CC(CC(C4)C2)C3)C(=O)CC(C)C)[C@@H]1O. The molecule has 0 radical (unpaired) electrons. The number of nitrogens with zero attached hydrogens (tertiary/aromatic N) is 1. The third-order valence-electron chi connectivity index (χ3n) is 9.91. The highest BCUT2D eigenvalue weighted by atomic mass is 127. The molecule has 1 aromatic rings. The van der Waals surface area contributed by atoms with Crippen LogP contribution in [0.3, 0.4) is 0 Å². The maximum absolute atomic E-state index is 14.0. The Kier molecular flexibility index (Phi) is 10.3. The number of carbonyl (C=O) groups is 2. The monoisotopic (exact) mass is 710 g/mol. The number of amides is 2. The zero-order chi connectivity index (χ0) is 30.9. The number of ether oxygens (including phenoxy) is 2. The van der Waals surface area contributed by atoms with Crippen LogP contribution in [0.15, 0.2) is 23.8 Å². The Bertz CT molecular complexity index is 1180. The molecule has 0 aliphatic heterocycles. The van der Waals surface area contributed by atoms with Crippen molar-refractivity contribution in [2.45, 2.75) is 90.1 Å². The van der Waals surface area contributed by atoms with Crippen LogP contribution in [0.25, 0.3) is 0 Å². The molecule has 2 amide bonds. The largest absolute Gasteiger partial charge is 0.493 e. The molecule has 0 heterocycles. The average molecular weight is 711 g/mol. The number of benzene rings is 1. The molecule has 5 aliphatic carbocycles. The van der Waals surface area contributed by atoms with E-state index in [0.717, 1.165) is 37.0 Å².